The molecule has 8 heteroatoms. The molecule has 1 aliphatic heterocycles. The molecule has 3 fully saturated rings. The zero-order valence-electron chi connectivity index (χ0n) is 18.5. The number of hydrogen-bond donors (Lipinski definition) is 2. The van der Waals surface area contributed by atoms with E-state index in [1.165, 1.54) is 25.7 Å². The van der Waals surface area contributed by atoms with Crippen LogP contribution >= 0.6 is 24.0 Å². The van der Waals surface area contributed by atoms with Crippen molar-refractivity contribution < 1.29 is 9.53 Å². The second kappa shape index (κ2) is 11.9. The lowest BCUT2D eigenvalue weighted by Gasteiger charge is -2.21. The van der Waals surface area contributed by atoms with Crippen molar-refractivity contribution >= 4 is 35.8 Å². The van der Waals surface area contributed by atoms with E-state index in [1.807, 2.05) is 23.2 Å². The number of rotatable bonds is 8. The molecule has 1 saturated heterocycles. The van der Waals surface area contributed by atoms with Gasteiger partial charge in [0.1, 0.15) is 0 Å². The molecule has 172 valence electrons. The first kappa shape index (κ1) is 24.1. The van der Waals surface area contributed by atoms with Crippen LogP contribution in [0.4, 0.5) is 0 Å². The number of aliphatic imine (C=N–C) groups is 1. The van der Waals surface area contributed by atoms with Gasteiger partial charge in [-0.3, -0.25) is 4.79 Å². The fourth-order valence-corrected chi connectivity index (χ4v) is 4.27. The van der Waals surface area contributed by atoms with Gasteiger partial charge in [0.25, 0.3) is 0 Å². The van der Waals surface area contributed by atoms with E-state index >= 15 is 0 Å². The summed E-state index contributed by atoms with van der Waals surface area (Å²) in [4.78, 5) is 23.8. The molecule has 7 nitrogen and oxygen atoms in total. The van der Waals surface area contributed by atoms with Crippen molar-refractivity contribution in [2.45, 2.75) is 64.5 Å². The van der Waals surface area contributed by atoms with Crippen LogP contribution in [0.15, 0.2) is 23.3 Å². The highest BCUT2D eigenvalue weighted by atomic mass is 127. The Hall–Kier alpha value is -1.58. The Kier molecular flexibility index (Phi) is 9.22. The number of pyridine rings is 1. The number of carbonyl (C=O) groups excluding carboxylic acids is 1. The number of likely N-dealkylation sites (tertiary alicyclic amines) is 1. The smallest absolute Gasteiger partial charge is 0.225 e. The highest BCUT2D eigenvalue weighted by Crippen LogP contribution is 2.29. The maximum atomic E-state index is 12.7. The predicted octanol–water partition coefficient (Wildman–Crippen LogP) is 3.33. The second-order valence-electron chi connectivity index (χ2n) is 8.85. The molecule has 2 N–H and O–H groups in total. The molecule has 0 spiro atoms. The maximum absolute atomic E-state index is 12.7. The molecule has 4 rings (SSSR count). The molecular weight excluding hydrogens is 505 g/mol. The molecule has 1 aromatic heterocycles. The van der Waals surface area contributed by atoms with Crippen molar-refractivity contribution in [3.05, 3.63) is 23.9 Å². The molecule has 0 bridgehead atoms. The average molecular weight is 541 g/mol. The number of nitrogens with one attached hydrogen (secondary N) is 2. The third-order valence-corrected chi connectivity index (χ3v) is 6.27. The van der Waals surface area contributed by atoms with Crippen molar-refractivity contribution in [3.8, 4) is 5.88 Å². The Morgan fingerprint density at radius 2 is 2.03 bits per heavy atom. The van der Waals surface area contributed by atoms with Gasteiger partial charge in [-0.1, -0.05) is 18.9 Å². The lowest BCUT2D eigenvalue weighted by molar-refractivity contribution is -0.134. The molecule has 0 aromatic carbocycles. The number of halogens is 1. The van der Waals surface area contributed by atoms with Crippen LogP contribution < -0.4 is 15.4 Å². The van der Waals surface area contributed by atoms with Crippen molar-refractivity contribution in [1.29, 1.82) is 0 Å². The zero-order chi connectivity index (χ0) is 20.8. The average Bonchev–Trinajstić information content (AvgIpc) is 3.23. The molecule has 31 heavy (non-hydrogen) atoms. The summed E-state index contributed by atoms with van der Waals surface area (Å²) >= 11 is 0. The van der Waals surface area contributed by atoms with Crippen LogP contribution in [-0.4, -0.2) is 54.0 Å². The van der Waals surface area contributed by atoms with Gasteiger partial charge in [-0.05, 0) is 50.5 Å². The van der Waals surface area contributed by atoms with E-state index < -0.39 is 0 Å². The molecule has 1 unspecified atom stereocenters. The fraction of sp³-hybridized carbons (Fsp3) is 0.696. The number of nitrogens with zero attached hydrogens (tertiary/aromatic N) is 3. The Balaban J connectivity index is 0.00000272. The highest BCUT2D eigenvalue weighted by molar-refractivity contribution is 14.0. The summed E-state index contributed by atoms with van der Waals surface area (Å²) in [6, 6.07) is 4.21. The maximum Gasteiger partial charge on any atom is 0.225 e. The standard InChI is InChI=1S/C23H35N5O2.HI/c1-2-24-23(26-14-18-9-10-21(25-13-18)30-16-17-7-8-17)27-20-11-12-28(15-20)22(29)19-5-3-4-6-19;/h9-10,13,17,19-20H,2-8,11-12,14-16H2,1H3,(H2,24,26,27);1H. The number of amides is 1. The minimum absolute atomic E-state index is 0. The summed E-state index contributed by atoms with van der Waals surface area (Å²) in [5.41, 5.74) is 1.05. The fourth-order valence-electron chi connectivity index (χ4n) is 4.27. The van der Waals surface area contributed by atoms with Gasteiger partial charge in [0, 0.05) is 43.9 Å². The predicted molar refractivity (Wildman–Crippen MR) is 133 cm³/mol. The van der Waals surface area contributed by atoms with Gasteiger partial charge in [-0.25, -0.2) is 9.98 Å². The van der Waals surface area contributed by atoms with E-state index in [1.54, 1.807) is 0 Å². The number of carbonyl (C=O) groups is 1. The number of aromatic nitrogens is 1. The minimum Gasteiger partial charge on any atom is -0.477 e. The van der Waals surface area contributed by atoms with Gasteiger partial charge in [-0.2, -0.15) is 0 Å². The van der Waals surface area contributed by atoms with Crippen LogP contribution in [0.2, 0.25) is 0 Å². The third-order valence-electron chi connectivity index (χ3n) is 6.27. The quantitative estimate of drug-likeness (QED) is 0.300. The van der Waals surface area contributed by atoms with Gasteiger partial charge in [0.15, 0.2) is 5.96 Å². The summed E-state index contributed by atoms with van der Waals surface area (Å²) < 4.78 is 5.70. The van der Waals surface area contributed by atoms with E-state index in [4.69, 9.17) is 9.73 Å². The molecule has 2 heterocycles. The van der Waals surface area contributed by atoms with E-state index in [0.29, 0.717) is 18.3 Å². The Labute approximate surface area is 202 Å². The van der Waals surface area contributed by atoms with Crippen LogP contribution in [0.3, 0.4) is 0 Å². The van der Waals surface area contributed by atoms with E-state index in [9.17, 15) is 4.79 Å². The first-order chi connectivity index (χ1) is 14.7. The Morgan fingerprint density at radius 3 is 2.71 bits per heavy atom. The lowest BCUT2D eigenvalue weighted by Crippen LogP contribution is -2.45. The van der Waals surface area contributed by atoms with Gasteiger partial charge in [-0.15, -0.1) is 24.0 Å². The van der Waals surface area contributed by atoms with Gasteiger partial charge in [0.2, 0.25) is 11.8 Å². The number of ether oxygens (including phenoxy) is 1. The van der Waals surface area contributed by atoms with Gasteiger partial charge < -0.3 is 20.3 Å². The van der Waals surface area contributed by atoms with Crippen LogP contribution in [0.5, 0.6) is 5.88 Å². The summed E-state index contributed by atoms with van der Waals surface area (Å²) in [5, 5.41) is 6.83. The second-order valence-corrected chi connectivity index (χ2v) is 8.85. The molecule has 2 saturated carbocycles. The largest absolute Gasteiger partial charge is 0.477 e. The van der Waals surface area contributed by atoms with Crippen molar-refractivity contribution in [2.75, 3.05) is 26.2 Å². The molecule has 0 radical (unpaired) electrons. The van der Waals surface area contributed by atoms with Gasteiger partial charge in [0.05, 0.1) is 13.2 Å². The van der Waals surface area contributed by atoms with E-state index in [-0.39, 0.29) is 35.9 Å². The van der Waals surface area contributed by atoms with Crippen LogP contribution in [0.25, 0.3) is 0 Å². The zero-order valence-corrected chi connectivity index (χ0v) is 20.8. The number of guanidine groups is 1. The van der Waals surface area contributed by atoms with Crippen LogP contribution in [-0.2, 0) is 11.3 Å². The van der Waals surface area contributed by atoms with Crippen LogP contribution in [0, 0.1) is 11.8 Å². The highest BCUT2D eigenvalue weighted by Gasteiger charge is 2.32. The molecule has 2 aliphatic carbocycles. The molecule has 1 amide bonds. The topological polar surface area (TPSA) is 78.9 Å². The summed E-state index contributed by atoms with van der Waals surface area (Å²) in [5.74, 6) is 2.83. The summed E-state index contributed by atoms with van der Waals surface area (Å²) in [7, 11) is 0. The molecular formula is C23H36IN5O2. The molecule has 1 aromatic rings. The lowest BCUT2D eigenvalue weighted by atomic mass is 10.1. The monoisotopic (exact) mass is 541 g/mol. The van der Waals surface area contributed by atoms with Crippen molar-refractivity contribution in [3.63, 3.8) is 0 Å². The molecule has 3 aliphatic rings. The SMILES string of the molecule is CCNC(=NCc1ccc(OCC2CC2)nc1)NC1CCN(C(=O)C2CCCC2)C1.I. The minimum atomic E-state index is 0. The normalized spacial score (nSPS) is 21.6. The summed E-state index contributed by atoms with van der Waals surface area (Å²) in [6.07, 6.45) is 9.90. The van der Waals surface area contributed by atoms with Gasteiger partial charge >= 0.3 is 0 Å². The number of hydrogen-bond acceptors (Lipinski definition) is 4. The van der Waals surface area contributed by atoms with Crippen molar-refractivity contribution in [1.82, 2.24) is 20.5 Å². The first-order valence-corrected chi connectivity index (χ1v) is 11.6. The molecule has 1 atom stereocenters. The third kappa shape index (κ3) is 7.22. The summed E-state index contributed by atoms with van der Waals surface area (Å²) in [6.45, 7) is 5.82. The Bertz CT molecular complexity index is 732. The van der Waals surface area contributed by atoms with Crippen molar-refractivity contribution in [2.24, 2.45) is 16.8 Å². The van der Waals surface area contributed by atoms with Crippen LogP contribution in [0.1, 0.15) is 57.4 Å². The van der Waals surface area contributed by atoms with E-state index in [2.05, 4.69) is 22.5 Å². The Morgan fingerprint density at radius 1 is 1.23 bits per heavy atom. The van der Waals surface area contributed by atoms with E-state index in [0.717, 1.165) is 62.9 Å². The first-order valence-electron chi connectivity index (χ1n) is 11.6.